The van der Waals surface area contributed by atoms with E-state index in [0.717, 1.165) is 38.5 Å². The van der Waals surface area contributed by atoms with Gasteiger partial charge in [-0.25, -0.2) is 0 Å². The van der Waals surface area contributed by atoms with Gasteiger partial charge in [-0.05, 0) is 12.8 Å². The molecule has 0 aromatic carbocycles. The molecule has 8 nitrogen and oxygen atoms in total. The predicted molar refractivity (Wildman–Crippen MR) is 241 cm³/mol. The number of carboxylic acid groups (broad SMARTS) is 1. The largest absolute Gasteiger partial charge is 0.544 e. The number of unbranched alkanes of at least 4 members (excludes halogenated alkanes) is 32. The summed E-state index contributed by atoms with van der Waals surface area (Å²) in [5, 5.41) is 11.6. The average molecular weight is 824 g/mol. The lowest BCUT2D eigenvalue weighted by Gasteiger charge is -2.34. The van der Waals surface area contributed by atoms with Crippen LogP contribution in [-0.4, -0.2) is 75.5 Å². The van der Waals surface area contributed by atoms with Gasteiger partial charge in [0.2, 0.25) is 0 Å². The van der Waals surface area contributed by atoms with Crippen molar-refractivity contribution in [1.82, 2.24) is 0 Å². The Labute approximate surface area is 359 Å². The van der Waals surface area contributed by atoms with Crippen LogP contribution in [0.25, 0.3) is 0 Å². The van der Waals surface area contributed by atoms with Crippen molar-refractivity contribution in [2.24, 2.45) is 0 Å². The number of hydrogen-bond acceptors (Lipinski definition) is 7. The Balaban J connectivity index is 4.21. The highest BCUT2D eigenvalue weighted by atomic mass is 16.6. The summed E-state index contributed by atoms with van der Waals surface area (Å²) in [6.07, 6.45) is 44.1. The minimum Gasteiger partial charge on any atom is -0.544 e. The maximum absolute atomic E-state index is 12.8. The molecule has 0 aliphatic heterocycles. The second kappa shape index (κ2) is 42.0. The highest BCUT2D eigenvalue weighted by molar-refractivity contribution is 5.70. The molecular formula is C50H97NO7. The molecule has 0 heterocycles. The van der Waals surface area contributed by atoms with Crippen molar-refractivity contribution in [2.45, 2.75) is 264 Å². The number of hydrogen-bond donors (Lipinski definition) is 0. The van der Waals surface area contributed by atoms with Crippen molar-refractivity contribution in [2.75, 3.05) is 41.0 Å². The van der Waals surface area contributed by atoms with Crippen LogP contribution in [0.2, 0.25) is 0 Å². The van der Waals surface area contributed by atoms with Gasteiger partial charge in [-0.3, -0.25) is 9.59 Å². The summed E-state index contributed by atoms with van der Waals surface area (Å²) in [5.41, 5.74) is 0. The number of rotatable bonds is 46. The van der Waals surface area contributed by atoms with Gasteiger partial charge in [0.25, 0.3) is 0 Å². The van der Waals surface area contributed by atoms with E-state index in [1.165, 1.54) is 180 Å². The number of carbonyl (C=O) groups excluding carboxylic acids is 3. The van der Waals surface area contributed by atoms with Crippen LogP contribution in [0.5, 0.6) is 0 Å². The van der Waals surface area contributed by atoms with E-state index < -0.39 is 18.1 Å². The van der Waals surface area contributed by atoms with Gasteiger partial charge in [-0.2, -0.15) is 0 Å². The molecule has 0 N–H and O–H groups in total. The van der Waals surface area contributed by atoms with E-state index in [1.54, 1.807) is 0 Å². The molecule has 0 saturated carbocycles. The maximum Gasteiger partial charge on any atom is 0.306 e. The topological polar surface area (TPSA) is 102 Å². The Hall–Kier alpha value is -1.67. The summed E-state index contributed by atoms with van der Waals surface area (Å²) >= 11 is 0. The van der Waals surface area contributed by atoms with Gasteiger partial charge in [0.05, 0.1) is 40.3 Å². The van der Waals surface area contributed by atoms with Gasteiger partial charge < -0.3 is 28.6 Å². The van der Waals surface area contributed by atoms with Crippen LogP contribution in [-0.2, 0) is 28.6 Å². The standard InChI is InChI=1S/C50H97NO7/c1-6-8-10-12-14-16-18-20-22-24-25-27-29-31-33-35-37-39-41-49(53)58-46(44-56-43-42-47(50(54)55)51(3,4)5)45-57-48(52)40-38-36-34-32-30-28-26-23-21-19-17-15-13-11-9-7-2/h46-47H,6-45H2,1-5H3. The van der Waals surface area contributed by atoms with E-state index >= 15 is 0 Å². The SMILES string of the molecule is CCCCCCCCCCCCCCCCCCCCC(=O)OC(COCCC(C(=O)[O-])[N+](C)(C)C)COC(=O)CCCCCCCCCCCCCCCCCC. The molecule has 2 unspecified atom stereocenters. The van der Waals surface area contributed by atoms with Gasteiger partial charge >= 0.3 is 11.9 Å². The Morgan fingerprint density at radius 1 is 0.448 bits per heavy atom. The van der Waals surface area contributed by atoms with Crippen LogP contribution in [0.3, 0.4) is 0 Å². The highest BCUT2D eigenvalue weighted by Crippen LogP contribution is 2.17. The molecule has 0 aliphatic rings. The van der Waals surface area contributed by atoms with Crippen LogP contribution in [0.1, 0.15) is 251 Å². The van der Waals surface area contributed by atoms with Crippen molar-refractivity contribution in [3.63, 3.8) is 0 Å². The predicted octanol–water partition coefficient (Wildman–Crippen LogP) is 12.8. The summed E-state index contributed by atoms with van der Waals surface area (Å²) < 4.78 is 17.2. The van der Waals surface area contributed by atoms with Crippen LogP contribution < -0.4 is 5.11 Å². The number of quaternary nitrogens is 1. The van der Waals surface area contributed by atoms with Gasteiger partial charge in [0.1, 0.15) is 12.6 Å². The molecule has 58 heavy (non-hydrogen) atoms. The van der Waals surface area contributed by atoms with Crippen molar-refractivity contribution in [3.8, 4) is 0 Å². The second-order valence-corrected chi connectivity index (χ2v) is 18.4. The molecule has 0 aromatic rings. The van der Waals surface area contributed by atoms with Crippen LogP contribution >= 0.6 is 0 Å². The fraction of sp³-hybridized carbons (Fsp3) is 0.940. The van der Waals surface area contributed by atoms with E-state index in [-0.39, 0.29) is 42.7 Å². The molecule has 8 heteroatoms. The highest BCUT2D eigenvalue weighted by Gasteiger charge is 2.25. The number of nitrogens with zero attached hydrogens (tertiary/aromatic N) is 1. The normalized spacial score (nSPS) is 12.8. The smallest absolute Gasteiger partial charge is 0.306 e. The molecule has 344 valence electrons. The molecule has 0 amide bonds. The molecule has 0 spiro atoms. The first kappa shape index (κ1) is 56.3. The number of likely N-dealkylation sites (N-methyl/N-ethyl adjacent to an activating group) is 1. The van der Waals surface area contributed by atoms with Crippen molar-refractivity contribution in [3.05, 3.63) is 0 Å². The molecule has 2 atom stereocenters. The minimum atomic E-state index is -1.12. The summed E-state index contributed by atoms with van der Waals surface area (Å²) in [4.78, 5) is 37.0. The third kappa shape index (κ3) is 39.8. The third-order valence-electron chi connectivity index (χ3n) is 11.7. The van der Waals surface area contributed by atoms with E-state index in [4.69, 9.17) is 14.2 Å². The number of carbonyl (C=O) groups is 3. The van der Waals surface area contributed by atoms with Crippen molar-refractivity contribution in [1.29, 1.82) is 0 Å². The number of ether oxygens (including phenoxy) is 3. The van der Waals surface area contributed by atoms with E-state index in [2.05, 4.69) is 13.8 Å². The Morgan fingerprint density at radius 3 is 1.07 bits per heavy atom. The van der Waals surface area contributed by atoms with Crippen LogP contribution in [0, 0.1) is 0 Å². The van der Waals surface area contributed by atoms with Crippen molar-refractivity contribution >= 4 is 17.9 Å². The Morgan fingerprint density at radius 2 is 0.759 bits per heavy atom. The lowest BCUT2D eigenvalue weighted by Crippen LogP contribution is -2.55. The third-order valence-corrected chi connectivity index (χ3v) is 11.7. The molecule has 0 saturated heterocycles. The fourth-order valence-electron chi connectivity index (χ4n) is 7.84. The monoisotopic (exact) mass is 824 g/mol. The summed E-state index contributed by atoms with van der Waals surface area (Å²) in [5.74, 6) is -1.71. The van der Waals surface area contributed by atoms with E-state index in [1.807, 2.05) is 21.1 Å². The molecule has 0 rings (SSSR count). The van der Waals surface area contributed by atoms with Crippen LogP contribution in [0.4, 0.5) is 0 Å². The molecule has 0 aliphatic carbocycles. The van der Waals surface area contributed by atoms with Gasteiger partial charge in [0.15, 0.2) is 6.10 Å². The lowest BCUT2D eigenvalue weighted by atomic mass is 10.0. The molecule has 0 radical (unpaired) electrons. The first-order chi connectivity index (χ1) is 28.1. The summed E-state index contributed by atoms with van der Waals surface area (Å²) in [6, 6.07) is -0.719. The zero-order chi connectivity index (χ0) is 42.8. The molecule has 0 aromatic heterocycles. The second-order valence-electron chi connectivity index (χ2n) is 18.4. The minimum absolute atomic E-state index is 0.0497. The van der Waals surface area contributed by atoms with Crippen LogP contribution in [0.15, 0.2) is 0 Å². The zero-order valence-electron chi connectivity index (χ0n) is 39.2. The van der Waals surface area contributed by atoms with E-state index in [9.17, 15) is 19.5 Å². The summed E-state index contributed by atoms with van der Waals surface area (Å²) in [7, 11) is 5.43. The van der Waals surface area contributed by atoms with E-state index in [0.29, 0.717) is 12.8 Å². The molecule has 0 bridgehead atoms. The number of carboxylic acids is 1. The zero-order valence-corrected chi connectivity index (χ0v) is 39.2. The van der Waals surface area contributed by atoms with Gasteiger partial charge in [0, 0.05) is 19.3 Å². The van der Waals surface area contributed by atoms with Gasteiger partial charge in [-0.1, -0.05) is 219 Å². The van der Waals surface area contributed by atoms with Crippen molar-refractivity contribution < 1.29 is 38.2 Å². The van der Waals surface area contributed by atoms with Gasteiger partial charge in [-0.15, -0.1) is 0 Å². The summed E-state index contributed by atoms with van der Waals surface area (Å²) in [6.45, 7) is 4.72. The average Bonchev–Trinajstić information content (AvgIpc) is 3.18. The maximum atomic E-state index is 12.8. The number of esters is 2. The lowest BCUT2D eigenvalue weighted by molar-refractivity contribution is -0.889. The Bertz CT molecular complexity index is 920. The number of aliphatic carboxylic acids is 1. The fourth-order valence-corrected chi connectivity index (χ4v) is 7.84. The molecular weight excluding hydrogens is 727 g/mol. The quantitative estimate of drug-likeness (QED) is 0.0342. The Kier molecular flexibility index (Phi) is 40.8. The first-order valence-electron chi connectivity index (χ1n) is 25.1. The first-order valence-corrected chi connectivity index (χ1v) is 25.1. The molecule has 0 fully saturated rings.